The number of nitrogens with two attached hydrogens (primary N) is 1. The van der Waals surface area contributed by atoms with Gasteiger partial charge in [0.15, 0.2) is 17.3 Å². The third-order valence-corrected chi connectivity index (χ3v) is 10.7. The van der Waals surface area contributed by atoms with Crippen LogP contribution < -0.4 is 15.8 Å². The van der Waals surface area contributed by atoms with E-state index in [2.05, 4.69) is 40.4 Å². The van der Waals surface area contributed by atoms with E-state index in [1.165, 1.54) is 0 Å². The number of amides is 1. The molecule has 4 unspecified atom stereocenters. The molecule has 0 bridgehead atoms. The third kappa shape index (κ3) is 5.11. The lowest BCUT2D eigenvalue weighted by molar-refractivity contribution is 0.0925. The molecule has 4 aromatic rings. The second kappa shape index (κ2) is 12.0. The van der Waals surface area contributed by atoms with Crippen molar-refractivity contribution in [2.24, 2.45) is 0 Å². The van der Waals surface area contributed by atoms with Crippen molar-refractivity contribution in [3.05, 3.63) is 64.4 Å². The summed E-state index contributed by atoms with van der Waals surface area (Å²) in [4.78, 5) is 29.5. The lowest BCUT2D eigenvalue weighted by Crippen LogP contribution is -2.38. The van der Waals surface area contributed by atoms with Gasteiger partial charge in [0.05, 0.1) is 23.6 Å². The molecule has 248 valence electrons. The van der Waals surface area contributed by atoms with Gasteiger partial charge < -0.3 is 25.0 Å². The van der Waals surface area contributed by atoms with Crippen molar-refractivity contribution in [3.8, 4) is 29.3 Å². The average molecular weight is 650 g/mol. The van der Waals surface area contributed by atoms with E-state index in [-0.39, 0.29) is 29.8 Å². The normalized spacial score (nSPS) is 23.9. The fraction of sp³-hybridized carbons (Fsp3) is 0.486. The Hall–Kier alpha value is -4.80. The van der Waals surface area contributed by atoms with E-state index in [4.69, 9.17) is 29.7 Å². The van der Waals surface area contributed by atoms with Crippen LogP contribution >= 0.6 is 0 Å². The summed E-state index contributed by atoms with van der Waals surface area (Å²) >= 11 is 0. The van der Waals surface area contributed by atoms with Gasteiger partial charge in [0, 0.05) is 36.2 Å². The van der Waals surface area contributed by atoms with Crippen LogP contribution in [0, 0.1) is 11.3 Å². The van der Waals surface area contributed by atoms with Gasteiger partial charge in [-0.05, 0) is 89.1 Å². The zero-order valence-electron chi connectivity index (χ0n) is 27.2. The molecule has 2 saturated heterocycles. The highest BCUT2D eigenvalue weighted by atomic mass is 16.5. The average Bonchev–Trinajstić information content (AvgIpc) is 3.93. The summed E-state index contributed by atoms with van der Waals surface area (Å²) in [7, 11) is 2.12. The Labute approximate surface area is 278 Å². The lowest BCUT2D eigenvalue weighted by atomic mass is 9.68. The molecular formula is C35H39N9O4. The molecule has 3 aromatic heterocycles. The number of hydrogen-bond acceptors (Lipinski definition) is 11. The van der Waals surface area contributed by atoms with Crippen LogP contribution in [0.15, 0.2) is 35.2 Å². The fourth-order valence-electron chi connectivity index (χ4n) is 8.24. The van der Waals surface area contributed by atoms with E-state index in [0.717, 1.165) is 80.4 Å². The van der Waals surface area contributed by atoms with Crippen molar-refractivity contribution in [1.29, 1.82) is 5.26 Å². The molecule has 13 nitrogen and oxygen atoms in total. The number of anilines is 1. The molecule has 1 spiro atoms. The predicted molar refractivity (Wildman–Crippen MR) is 175 cm³/mol. The molecule has 13 heteroatoms. The summed E-state index contributed by atoms with van der Waals surface area (Å²) < 4.78 is 19.8. The zero-order chi connectivity index (χ0) is 33.0. The lowest BCUT2D eigenvalue weighted by Gasteiger charge is -2.33. The Kier molecular flexibility index (Phi) is 7.64. The van der Waals surface area contributed by atoms with Gasteiger partial charge in [-0.3, -0.25) is 14.3 Å². The minimum atomic E-state index is -0.482. The minimum Gasteiger partial charge on any atom is -0.473 e. The van der Waals surface area contributed by atoms with Crippen LogP contribution in [0.25, 0.3) is 17.3 Å². The van der Waals surface area contributed by atoms with Crippen LogP contribution in [-0.2, 0) is 23.0 Å². The SMILES string of the molecule is CC(Oc1cc(-n2cnc(C(=O)NC3CCOC3)c2)nc(-c2noc3c2CCCC32CCc3ccc(N)c(C#N)c32)n1)C1CCCN1C. The van der Waals surface area contributed by atoms with Crippen molar-refractivity contribution in [1.82, 2.24) is 34.9 Å². The second-order valence-electron chi connectivity index (χ2n) is 13.6. The first kappa shape index (κ1) is 30.5. The van der Waals surface area contributed by atoms with Gasteiger partial charge in [-0.1, -0.05) is 11.2 Å². The molecule has 4 aliphatic rings. The number of hydrogen-bond donors (Lipinski definition) is 2. The van der Waals surface area contributed by atoms with Gasteiger partial charge in [0.1, 0.15) is 30.0 Å². The van der Waals surface area contributed by atoms with Crippen LogP contribution in [0.4, 0.5) is 5.69 Å². The predicted octanol–water partition coefficient (Wildman–Crippen LogP) is 3.72. The maximum Gasteiger partial charge on any atom is 0.271 e. The molecule has 2 aliphatic heterocycles. The second-order valence-corrected chi connectivity index (χ2v) is 13.6. The van der Waals surface area contributed by atoms with Gasteiger partial charge in [-0.15, -0.1) is 0 Å². The Morgan fingerprint density at radius 3 is 2.92 bits per heavy atom. The van der Waals surface area contributed by atoms with Crippen LogP contribution in [-0.4, -0.2) is 80.5 Å². The monoisotopic (exact) mass is 649 g/mol. The Bertz CT molecular complexity index is 1920. The topological polar surface area (TPSA) is 170 Å². The molecule has 1 aromatic carbocycles. The van der Waals surface area contributed by atoms with Crippen LogP contribution in [0.2, 0.25) is 0 Å². The van der Waals surface area contributed by atoms with Gasteiger partial charge in [0.25, 0.3) is 5.91 Å². The van der Waals surface area contributed by atoms with E-state index in [9.17, 15) is 10.1 Å². The molecule has 48 heavy (non-hydrogen) atoms. The molecule has 2 fully saturated rings. The number of aryl methyl sites for hydroxylation is 1. The number of nitrogens with one attached hydrogen (secondary N) is 1. The summed E-state index contributed by atoms with van der Waals surface area (Å²) in [6.07, 6.45) is 10.2. The fourth-order valence-corrected chi connectivity index (χ4v) is 8.24. The molecule has 8 rings (SSSR count). The minimum absolute atomic E-state index is 0.0299. The van der Waals surface area contributed by atoms with E-state index in [1.54, 1.807) is 23.2 Å². The van der Waals surface area contributed by atoms with Crippen molar-refractivity contribution in [2.75, 3.05) is 32.5 Å². The summed E-state index contributed by atoms with van der Waals surface area (Å²) in [6.45, 7) is 4.23. The number of rotatable bonds is 7. The van der Waals surface area contributed by atoms with Crippen molar-refractivity contribution in [2.45, 2.75) is 81.9 Å². The first-order valence-corrected chi connectivity index (χ1v) is 16.8. The largest absolute Gasteiger partial charge is 0.473 e. The number of likely N-dealkylation sites (tertiary alicyclic amines) is 1. The van der Waals surface area contributed by atoms with Crippen LogP contribution in [0.5, 0.6) is 5.88 Å². The summed E-state index contributed by atoms with van der Waals surface area (Å²) in [5.74, 6) is 1.76. The highest BCUT2D eigenvalue weighted by Crippen LogP contribution is 2.54. The van der Waals surface area contributed by atoms with Crippen molar-refractivity contribution in [3.63, 3.8) is 0 Å². The van der Waals surface area contributed by atoms with E-state index >= 15 is 0 Å². The number of fused-ring (bicyclic) bond motifs is 4. The molecule has 2 aliphatic carbocycles. The standard InChI is InChI=1S/C35H39N9O4/c1-20(27-6-4-13-43(27)2)47-29-15-28(44-17-26(38-19-44)34(45)39-22-10-14-46-18-22)40-33(41-29)31-23-5-3-11-35(32(23)48-42-31)12-9-21-7-8-25(37)24(16-36)30(21)35/h7-8,15,17,19-20,22,27H,3-6,9-14,18,37H2,1-2H3,(H,39,45). The Morgan fingerprint density at radius 1 is 1.23 bits per heavy atom. The highest BCUT2D eigenvalue weighted by Gasteiger charge is 2.49. The molecule has 0 saturated carbocycles. The highest BCUT2D eigenvalue weighted by molar-refractivity contribution is 5.92. The zero-order valence-corrected chi connectivity index (χ0v) is 27.2. The first-order valence-electron chi connectivity index (χ1n) is 16.8. The maximum absolute atomic E-state index is 13.0. The molecule has 0 radical (unpaired) electrons. The van der Waals surface area contributed by atoms with Gasteiger partial charge >= 0.3 is 0 Å². The number of benzene rings is 1. The number of aromatic nitrogens is 5. The number of nitrogens with zero attached hydrogens (tertiary/aromatic N) is 7. The molecule has 1 amide bonds. The summed E-state index contributed by atoms with van der Waals surface area (Å²) in [5, 5.41) is 17.7. The number of carbonyl (C=O) groups excluding carboxylic acids is 1. The van der Waals surface area contributed by atoms with Gasteiger partial charge in [-0.25, -0.2) is 9.97 Å². The number of ether oxygens (including phenoxy) is 2. The summed E-state index contributed by atoms with van der Waals surface area (Å²) in [5.41, 5.74) is 10.7. The number of carbonyl (C=O) groups is 1. The summed E-state index contributed by atoms with van der Waals surface area (Å²) in [6, 6.07) is 8.23. The molecule has 5 heterocycles. The molecule has 4 atom stereocenters. The van der Waals surface area contributed by atoms with Gasteiger partial charge in [0.2, 0.25) is 5.88 Å². The maximum atomic E-state index is 13.0. The quantitative estimate of drug-likeness (QED) is 0.280. The number of likely N-dealkylation sites (N-methyl/N-ethyl adjacent to an activating group) is 1. The Balaban J connectivity index is 1.19. The first-order chi connectivity index (χ1) is 23.3. The molecule has 3 N–H and O–H groups in total. The van der Waals surface area contributed by atoms with Crippen molar-refractivity contribution < 1.29 is 18.8 Å². The number of imidazole rings is 1. The van der Waals surface area contributed by atoms with Crippen LogP contribution in [0.1, 0.15) is 84.0 Å². The van der Waals surface area contributed by atoms with Crippen molar-refractivity contribution >= 4 is 11.6 Å². The van der Waals surface area contributed by atoms with Gasteiger partial charge in [-0.2, -0.15) is 10.2 Å². The van der Waals surface area contributed by atoms with E-state index < -0.39 is 5.41 Å². The third-order valence-electron chi connectivity index (χ3n) is 10.7. The number of nitriles is 1. The smallest absolute Gasteiger partial charge is 0.271 e. The van der Waals surface area contributed by atoms with E-state index in [1.807, 2.05) is 12.1 Å². The number of nitrogen functional groups attached to an aromatic ring is 1. The Morgan fingerprint density at radius 2 is 2.12 bits per heavy atom. The van der Waals surface area contributed by atoms with Crippen LogP contribution in [0.3, 0.4) is 0 Å². The van der Waals surface area contributed by atoms with E-state index in [0.29, 0.717) is 47.7 Å². The molecular weight excluding hydrogens is 610 g/mol.